The van der Waals surface area contributed by atoms with Crippen molar-refractivity contribution in [2.75, 3.05) is 25.6 Å². The van der Waals surface area contributed by atoms with E-state index >= 15 is 0 Å². The fourth-order valence-corrected chi connectivity index (χ4v) is 4.52. The number of aldehydes is 1. The summed E-state index contributed by atoms with van der Waals surface area (Å²) >= 11 is 13.2. The number of carbonyl (C=O) groups excluding carboxylic acids is 1. The minimum Gasteiger partial charge on any atom is -0.482 e. The van der Waals surface area contributed by atoms with E-state index in [1.807, 2.05) is 55.6 Å². The summed E-state index contributed by atoms with van der Waals surface area (Å²) in [5, 5.41) is 4.36. The van der Waals surface area contributed by atoms with Crippen LogP contribution in [0.15, 0.2) is 71.6 Å². The van der Waals surface area contributed by atoms with Crippen molar-refractivity contribution in [3.05, 3.63) is 87.9 Å². The lowest BCUT2D eigenvalue weighted by Gasteiger charge is -2.38. The Balaban J connectivity index is 0.000000248. The van der Waals surface area contributed by atoms with Gasteiger partial charge in [0.2, 0.25) is 0 Å². The average molecular weight is 520 g/mol. The summed E-state index contributed by atoms with van der Waals surface area (Å²) in [6.07, 6.45) is 2.81. The lowest BCUT2D eigenvalue weighted by atomic mass is 9.86. The number of halogens is 2. The van der Waals surface area contributed by atoms with Gasteiger partial charge in [0.15, 0.2) is 0 Å². The topological polar surface area (TPSA) is 67.8 Å². The molecular weight excluding hydrogens is 493 g/mol. The molecule has 0 unspecified atom stereocenters. The second-order valence-electron chi connectivity index (χ2n) is 7.71. The zero-order valence-corrected chi connectivity index (χ0v) is 21.1. The van der Waals surface area contributed by atoms with E-state index in [4.69, 9.17) is 37.2 Å². The molecule has 5 nitrogen and oxygen atoms in total. The first-order valence-electron chi connectivity index (χ1n) is 10.8. The number of hydrogen-bond donors (Lipinski definition) is 2. The van der Waals surface area contributed by atoms with Crippen LogP contribution in [0.25, 0.3) is 0 Å². The Hall–Kier alpha value is -2.22. The first-order valence-corrected chi connectivity index (χ1v) is 12.4. The van der Waals surface area contributed by atoms with Crippen LogP contribution in [0.1, 0.15) is 24.0 Å². The summed E-state index contributed by atoms with van der Waals surface area (Å²) < 4.78 is 20.5. The standard InChI is InChI=1S/C18H19Cl2NO2.C8H8O2S/c1-21-14-3-5-15(6-4-14)23-18(8-10-22-11-9-18)16-7-2-13(19)12-17(16)20;9-6-5-7-1-3-8(11-10)4-2-7/h2-7,12,21H,8-11H2,1H3;1-4,6,10H,5H2. The Kier molecular flexibility index (Phi) is 10.1. The monoisotopic (exact) mass is 519 g/mol. The number of hydrogen-bond acceptors (Lipinski definition) is 6. The Labute approximate surface area is 214 Å². The van der Waals surface area contributed by atoms with Crippen LogP contribution in [0, 0.1) is 0 Å². The molecule has 1 heterocycles. The summed E-state index contributed by atoms with van der Waals surface area (Å²) in [6, 6.07) is 20.7. The van der Waals surface area contributed by atoms with Crippen molar-refractivity contribution < 1.29 is 18.8 Å². The molecule has 0 spiro atoms. The van der Waals surface area contributed by atoms with E-state index in [2.05, 4.69) is 5.32 Å². The molecule has 0 saturated carbocycles. The summed E-state index contributed by atoms with van der Waals surface area (Å²) in [7, 11) is 1.89. The van der Waals surface area contributed by atoms with Crippen LogP contribution in [0.4, 0.5) is 5.69 Å². The van der Waals surface area contributed by atoms with Crippen molar-refractivity contribution in [2.24, 2.45) is 0 Å². The van der Waals surface area contributed by atoms with Crippen LogP contribution in [0.3, 0.4) is 0 Å². The summed E-state index contributed by atoms with van der Waals surface area (Å²) in [5.74, 6) is 0.817. The maximum atomic E-state index is 10.1. The van der Waals surface area contributed by atoms with Crippen molar-refractivity contribution in [1.82, 2.24) is 0 Å². The minimum atomic E-state index is -0.485. The van der Waals surface area contributed by atoms with E-state index in [-0.39, 0.29) is 0 Å². The van der Waals surface area contributed by atoms with Crippen LogP contribution in [-0.2, 0) is 21.6 Å². The molecule has 1 fully saturated rings. The third-order valence-corrected chi connectivity index (χ3v) is 6.56. The molecule has 0 radical (unpaired) electrons. The summed E-state index contributed by atoms with van der Waals surface area (Å²) in [5.41, 5.74) is 2.49. The predicted molar refractivity (Wildman–Crippen MR) is 140 cm³/mol. The maximum absolute atomic E-state index is 10.1. The lowest BCUT2D eigenvalue weighted by molar-refractivity contribution is -0.107. The Morgan fingerprint density at radius 1 is 1.06 bits per heavy atom. The molecule has 180 valence electrons. The van der Waals surface area contributed by atoms with Crippen LogP contribution in [0.2, 0.25) is 10.0 Å². The normalized spacial score (nSPS) is 14.5. The molecule has 0 aromatic heterocycles. The van der Waals surface area contributed by atoms with Gasteiger partial charge in [-0.1, -0.05) is 41.4 Å². The molecule has 2 N–H and O–H groups in total. The molecule has 3 aromatic rings. The SMILES string of the molecule is CNc1ccc(OC2(c3ccc(Cl)cc3Cl)CCOCC2)cc1.O=CCc1ccc(SO)cc1. The highest BCUT2D eigenvalue weighted by molar-refractivity contribution is 7.93. The molecular formula is C26H27Cl2NO4S. The third kappa shape index (κ3) is 7.14. The van der Waals surface area contributed by atoms with Gasteiger partial charge in [-0.15, -0.1) is 0 Å². The van der Waals surface area contributed by atoms with Crippen molar-refractivity contribution in [3.63, 3.8) is 0 Å². The van der Waals surface area contributed by atoms with E-state index in [0.29, 0.717) is 41.7 Å². The minimum absolute atomic E-state index is 0.441. The molecule has 8 heteroatoms. The molecule has 1 aliphatic heterocycles. The van der Waals surface area contributed by atoms with Crippen molar-refractivity contribution >= 4 is 47.2 Å². The largest absolute Gasteiger partial charge is 0.482 e. The molecule has 0 amide bonds. The van der Waals surface area contributed by atoms with Gasteiger partial charge in [-0.2, -0.15) is 0 Å². The van der Waals surface area contributed by atoms with E-state index in [0.717, 1.165) is 46.6 Å². The number of ether oxygens (including phenoxy) is 2. The highest BCUT2D eigenvalue weighted by atomic mass is 35.5. The summed E-state index contributed by atoms with van der Waals surface area (Å²) in [6.45, 7) is 1.29. The van der Waals surface area contributed by atoms with E-state index in [9.17, 15) is 4.79 Å². The van der Waals surface area contributed by atoms with Crippen molar-refractivity contribution in [2.45, 2.75) is 29.8 Å². The Bertz CT molecular complexity index is 1060. The number of anilines is 1. The molecule has 1 aliphatic rings. The number of rotatable bonds is 7. The first kappa shape index (κ1) is 26.4. The molecule has 0 aliphatic carbocycles. The first-order chi connectivity index (χ1) is 16.5. The summed E-state index contributed by atoms with van der Waals surface area (Å²) in [4.78, 5) is 10.9. The predicted octanol–water partition coefficient (Wildman–Crippen LogP) is 7.11. The van der Waals surface area contributed by atoms with Gasteiger partial charge in [0.25, 0.3) is 0 Å². The maximum Gasteiger partial charge on any atom is 0.140 e. The van der Waals surface area contributed by atoms with Crippen LogP contribution < -0.4 is 10.1 Å². The van der Waals surface area contributed by atoms with Gasteiger partial charge in [0, 0.05) is 64.5 Å². The Morgan fingerprint density at radius 3 is 2.29 bits per heavy atom. The van der Waals surface area contributed by atoms with E-state index in [1.165, 1.54) is 0 Å². The van der Waals surface area contributed by atoms with Gasteiger partial charge in [0.05, 0.1) is 13.2 Å². The van der Waals surface area contributed by atoms with Crippen LogP contribution in [0.5, 0.6) is 5.75 Å². The number of benzene rings is 3. The lowest BCUT2D eigenvalue weighted by Crippen LogP contribution is -2.39. The van der Waals surface area contributed by atoms with Crippen LogP contribution in [-0.4, -0.2) is 31.1 Å². The fourth-order valence-electron chi connectivity index (χ4n) is 3.68. The quantitative estimate of drug-likeness (QED) is 0.256. The van der Waals surface area contributed by atoms with Crippen molar-refractivity contribution in [3.8, 4) is 5.75 Å². The van der Waals surface area contributed by atoms with Crippen LogP contribution >= 0.6 is 35.2 Å². The zero-order chi connectivity index (χ0) is 24.4. The Morgan fingerprint density at radius 2 is 1.74 bits per heavy atom. The van der Waals surface area contributed by atoms with Gasteiger partial charge in [0.1, 0.15) is 17.6 Å². The zero-order valence-electron chi connectivity index (χ0n) is 18.8. The van der Waals surface area contributed by atoms with Gasteiger partial charge in [-0.3, -0.25) is 0 Å². The average Bonchev–Trinajstić information content (AvgIpc) is 2.86. The highest BCUT2D eigenvalue weighted by Crippen LogP contribution is 2.41. The van der Waals surface area contributed by atoms with E-state index < -0.39 is 5.60 Å². The van der Waals surface area contributed by atoms with Gasteiger partial charge >= 0.3 is 0 Å². The van der Waals surface area contributed by atoms with Gasteiger partial charge in [-0.25, -0.2) is 0 Å². The molecule has 4 rings (SSSR count). The fraction of sp³-hybridized carbons (Fsp3) is 0.269. The molecule has 0 bridgehead atoms. The third-order valence-electron chi connectivity index (χ3n) is 5.53. The van der Waals surface area contributed by atoms with Crippen molar-refractivity contribution in [1.29, 1.82) is 0 Å². The van der Waals surface area contributed by atoms with Gasteiger partial charge in [-0.05, 0) is 54.1 Å². The van der Waals surface area contributed by atoms with E-state index in [1.54, 1.807) is 18.2 Å². The number of carbonyl (C=O) groups is 1. The number of nitrogens with one attached hydrogen (secondary N) is 1. The smallest absolute Gasteiger partial charge is 0.140 e. The molecule has 1 saturated heterocycles. The molecule has 34 heavy (non-hydrogen) atoms. The molecule has 3 aromatic carbocycles. The second kappa shape index (κ2) is 13.0. The van der Waals surface area contributed by atoms with Gasteiger partial charge < -0.3 is 24.1 Å². The second-order valence-corrected chi connectivity index (χ2v) is 9.21. The molecule has 0 atom stereocenters. The highest BCUT2D eigenvalue weighted by Gasteiger charge is 2.38.